The van der Waals surface area contributed by atoms with E-state index in [0.29, 0.717) is 17.3 Å². The molecular weight excluding hydrogens is 376 g/mol. The van der Waals surface area contributed by atoms with Gasteiger partial charge in [-0.15, -0.1) is 0 Å². The van der Waals surface area contributed by atoms with Crippen LogP contribution in [-0.2, 0) is 4.79 Å². The first-order valence-electron chi connectivity index (χ1n) is 9.12. The minimum Gasteiger partial charge on any atom is -0.441 e. The van der Waals surface area contributed by atoms with Crippen molar-refractivity contribution in [1.29, 1.82) is 0 Å². The maximum Gasteiger partial charge on any atom is 0.242 e. The van der Waals surface area contributed by atoms with Gasteiger partial charge < -0.3 is 9.73 Å². The van der Waals surface area contributed by atoms with Crippen LogP contribution in [0.25, 0.3) is 11.5 Å². The van der Waals surface area contributed by atoms with Gasteiger partial charge in [0.15, 0.2) is 0 Å². The fraction of sp³-hybridized carbons (Fsp3) is 0.238. The van der Waals surface area contributed by atoms with Gasteiger partial charge in [-0.1, -0.05) is 29.8 Å². The zero-order valence-electron chi connectivity index (χ0n) is 15.6. The van der Waals surface area contributed by atoms with Gasteiger partial charge in [-0.05, 0) is 56.2 Å². The van der Waals surface area contributed by atoms with Crippen LogP contribution in [0.3, 0.4) is 0 Å². The zero-order chi connectivity index (χ0) is 19.7. The van der Waals surface area contributed by atoms with Crippen LogP contribution in [-0.4, -0.2) is 16.9 Å². The summed E-state index contributed by atoms with van der Waals surface area (Å²) in [6, 6.07) is 14.7. The van der Waals surface area contributed by atoms with Crippen molar-refractivity contribution >= 4 is 23.2 Å². The largest absolute Gasteiger partial charge is 0.441 e. The molecule has 2 aromatic carbocycles. The van der Waals surface area contributed by atoms with Gasteiger partial charge in [0.25, 0.3) is 0 Å². The number of nitrogens with zero attached hydrogens (tertiary/aromatic N) is 1. The van der Waals surface area contributed by atoms with Gasteiger partial charge in [-0.3, -0.25) is 4.79 Å². The Bertz CT molecular complexity index is 980. The third kappa shape index (κ3) is 3.80. The van der Waals surface area contributed by atoms with Gasteiger partial charge in [0.1, 0.15) is 11.8 Å². The predicted octanol–water partition coefficient (Wildman–Crippen LogP) is 4.16. The minimum absolute atomic E-state index is 0.0108. The van der Waals surface area contributed by atoms with E-state index in [9.17, 15) is 4.79 Å². The van der Waals surface area contributed by atoms with Crippen LogP contribution >= 0.6 is 11.6 Å². The maximum absolute atomic E-state index is 12.6. The van der Waals surface area contributed by atoms with Gasteiger partial charge in [0.05, 0.1) is 5.69 Å². The molecule has 1 fully saturated rings. The number of anilines is 1. The number of carbonyl (C=O) groups excluding carboxylic acids is 1. The number of rotatable bonds is 4. The number of halogens is 1. The maximum atomic E-state index is 12.6. The average Bonchev–Trinajstić information content (AvgIpc) is 3.30. The molecule has 0 radical (unpaired) electrons. The second kappa shape index (κ2) is 7.75. The Morgan fingerprint density at radius 1 is 1.14 bits per heavy atom. The van der Waals surface area contributed by atoms with Crippen molar-refractivity contribution in [3.8, 4) is 11.5 Å². The Hall–Kier alpha value is -2.67. The molecule has 4 rings (SSSR count). The molecule has 1 amide bonds. The van der Waals surface area contributed by atoms with Crippen LogP contribution < -0.4 is 16.2 Å². The molecule has 1 saturated heterocycles. The van der Waals surface area contributed by atoms with Crippen molar-refractivity contribution < 1.29 is 9.21 Å². The summed E-state index contributed by atoms with van der Waals surface area (Å²) in [5.41, 5.74) is 9.65. The number of oxazole rings is 1. The molecule has 1 aliphatic heterocycles. The van der Waals surface area contributed by atoms with Crippen molar-refractivity contribution in [1.82, 2.24) is 15.8 Å². The van der Waals surface area contributed by atoms with Crippen molar-refractivity contribution in [2.45, 2.75) is 32.4 Å². The second-order valence-electron chi connectivity index (χ2n) is 6.88. The third-order valence-electron chi connectivity index (χ3n) is 4.93. The highest BCUT2D eigenvalue weighted by Crippen LogP contribution is 2.29. The van der Waals surface area contributed by atoms with E-state index >= 15 is 0 Å². The monoisotopic (exact) mass is 396 g/mol. The lowest BCUT2D eigenvalue weighted by Crippen LogP contribution is -2.39. The predicted molar refractivity (Wildman–Crippen MR) is 109 cm³/mol. The standard InChI is InChI=1S/C21H21ClN4O2/c1-12-13(2)28-21(23-12)14-7-9-15(10-8-14)24-20(27)19-11-18(25-26-19)16-5-3-4-6-17(16)22/h3-10,18-19,25-26H,11H2,1-2H3,(H,24,27). The number of nitrogens with one attached hydrogen (secondary N) is 3. The van der Waals surface area contributed by atoms with E-state index in [-0.39, 0.29) is 18.0 Å². The summed E-state index contributed by atoms with van der Waals surface area (Å²) in [4.78, 5) is 17.0. The van der Waals surface area contributed by atoms with E-state index in [1.165, 1.54) is 0 Å². The van der Waals surface area contributed by atoms with E-state index in [4.69, 9.17) is 16.0 Å². The fourth-order valence-corrected chi connectivity index (χ4v) is 3.48. The smallest absolute Gasteiger partial charge is 0.242 e. The van der Waals surface area contributed by atoms with Crippen LogP contribution in [0.1, 0.15) is 29.5 Å². The molecule has 6 nitrogen and oxygen atoms in total. The second-order valence-corrected chi connectivity index (χ2v) is 7.29. The first-order chi connectivity index (χ1) is 13.5. The van der Waals surface area contributed by atoms with Gasteiger partial charge in [-0.2, -0.15) is 0 Å². The summed E-state index contributed by atoms with van der Waals surface area (Å²) < 4.78 is 5.64. The number of carbonyl (C=O) groups is 1. The number of hydrogen-bond donors (Lipinski definition) is 3. The lowest BCUT2D eigenvalue weighted by atomic mass is 10.0. The van der Waals surface area contributed by atoms with E-state index in [1.807, 2.05) is 62.4 Å². The van der Waals surface area contributed by atoms with Crippen molar-refractivity contribution in [3.63, 3.8) is 0 Å². The van der Waals surface area contributed by atoms with Crippen LogP contribution in [0.5, 0.6) is 0 Å². The number of hydrazine groups is 1. The fourth-order valence-electron chi connectivity index (χ4n) is 3.21. The Kier molecular flexibility index (Phi) is 5.17. The third-order valence-corrected chi connectivity index (χ3v) is 5.27. The number of aromatic nitrogens is 1. The Morgan fingerprint density at radius 3 is 2.57 bits per heavy atom. The molecule has 3 N–H and O–H groups in total. The highest BCUT2D eigenvalue weighted by atomic mass is 35.5. The number of amides is 1. The molecule has 7 heteroatoms. The number of benzene rings is 2. The molecule has 144 valence electrons. The average molecular weight is 397 g/mol. The van der Waals surface area contributed by atoms with Gasteiger partial charge in [0, 0.05) is 22.3 Å². The van der Waals surface area contributed by atoms with E-state index in [1.54, 1.807) is 0 Å². The highest BCUT2D eigenvalue weighted by Gasteiger charge is 2.31. The van der Waals surface area contributed by atoms with E-state index < -0.39 is 0 Å². The van der Waals surface area contributed by atoms with E-state index in [0.717, 1.165) is 28.3 Å². The highest BCUT2D eigenvalue weighted by molar-refractivity contribution is 6.31. The molecular formula is C21H21ClN4O2. The van der Waals surface area contributed by atoms with Crippen LogP contribution in [0.15, 0.2) is 52.9 Å². The Morgan fingerprint density at radius 2 is 1.89 bits per heavy atom. The molecule has 28 heavy (non-hydrogen) atoms. The molecule has 0 spiro atoms. The molecule has 0 aliphatic carbocycles. The molecule has 2 atom stereocenters. The molecule has 3 aromatic rings. The summed E-state index contributed by atoms with van der Waals surface area (Å²) in [6.45, 7) is 3.80. The van der Waals surface area contributed by atoms with Crippen LogP contribution in [0.4, 0.5) is 5.69 Å². The van der Waals surface area contributed by atoms with Gasteiger partial charge in [0.2, 0.25) is 11.8 Å². The van der Waals surface area contributed by atoms with Crippen LogP contribution in [0.2, 0.25) is 5.02 Å². The summed E-state index contributed by atoms with van der Waals surface area (Å²) in [6.07, 6.45) is 0.614. The SMILES string of the molecule is Cc1nc(-c2ccc(NC(=O)C3CC(c4ccccc4Cl)NN3)cc2)oc1C. The van der Waals surface area contributed by atoms with Crippen molar-refractivity contribution in [3.05, 3.63) is 70.6 Å². The summed E-state index contributed by atoms with van der Waals surface area (Å²) in [5, 5.41) is 3.63. The van der Waals surface area contributed by atoms with Gasteiger partial charge in [-0.25, -0.2) is 15.8 Å². The molecule has 2 heterocycles. The zero-order valence-corrected chi connectivity index (χ0v) is 16.4. The van der Waals surface area contributed by atoms with Crippen molar-refractivity contribution in [2.75, 3.05) is 5.32 Å². The molecule has 1 aliphatic rings. The molecule has 1 aromatic heterocycles. The lowest BCUT2D eigenvalue weighted by Gasteiger charge is -2.12. The van der Waals surface area contributed by atoms with Crippen LogP contribution in [0, 0.1) is 13.8 Å². The molecule has 2 unspecified atom stereocenters. The Balaban J connectivity index is 1.39. The first kappa shape index (κ1) is 18.7. The Labute approximate surface area is 168 Å². The van der Waals surface area contributed by atoms with E-state index in [2.05, 4.69) is 21.2 Å². The first-order valence-corrected chi connectivity index (χ1v) is 9.50. The molecule has 0 bridgehead atoms. The number of aryl methyl sites for hydroxylation is 2. The minimum atomic E-state index is -0.349. The normalized spacial score (nSPS) is 19.0. The van der Waals surface area contributed by atoms with Crippen molar-refractivity contribution in [2.24, 2.45) is 0 Å². The molecule has 0 saturated carbocycles. The quantitative estimate of drug-likeness (QED) is 0.617. The topological polar surface area (TPSA) is 79.2 Å². The number of hydrogen-bond acceptors (Lipinski definition) is 5. The summed E-state index contributed by atoms with van der Waals surface area (Å²) in [5.74, 6) is 1.29. The van der Waals surface area contributed by atoms with Gasteiger partial charge >= 0.3 is 0 Å². The summed E-state index contributed by atoms with van der Waals surface area (Å²) in [7, 11) is 0. The summed E-state index contributed by atoms with van der Waals surface area (Å²) >= 11 is 6.26. The lowest BCUT2D eigenvalue weighted by molar-refractivity contribution is -0.117.